The Hall–Kier alpha value is -2.59. The van der Waals surface area contributed by atoms with Gasteiger partial charge in [0, 0.05) is 18.4 Å². The summed E-state index contributed by atoms with van der Waals surface area (Å²) >= 11 is 0.810. The molecular weight excluding hydrogens is 404 g/mol. The molecule has 2 aliphatic rings. The second kappa shape index (κ2) is 8.19. The highest BCUT2D eigenvalue weighted by Crippen LogP contribution is 2.32. The van der Waals surface area contributed by atoms with Crippen molar-refractivity contribution in [3.05, 3.63) is 46.2 Å². The van der Waals surface area contributed by atoms with E-state index in [0.29, 0.717) is 5.75 Å². The highest BCUT2D eigenvalue weighted by atomic mass is 32.2. The minimum Gasteiger partial charge on any atom is -0.497 e. The molecule has 1 unspecified atom stereocenters. The summed E-state index contributed by atoms with van der Waals surface area (Å²) < 4.78 is 27.8. The molecule has 1 N–H and O–H groups in total. The minimum atomic E-state index is -3.27. The third kappa shape index (κ3) is 4.82. The van der Waals surface area contributed by atoms with E-state index < -0.39 is 32.9 Å². The molecule has 2 aliphatic heterocycles. The monoisotopic (exact) mass is 422 g/mol. The third-order valence-corrected chi connectivity index (χ3v) is 6.41. The third-order valence-electron chi connectivity index (χ3n) is 4.10. The van der Waals surface area contributed by atoms with Gasteiger partial charge in [-0.3, -0.25) is 19.3 Å². The van der Waals surface area contributed by atoms with Crippen LogP contribution in [0, 0.1) is 0 Å². The lowest BCUT2D eigenvalue weighted by molar-refractivity contribution is -0.124. The number of thioether (sulfide) groups is 1. The van der Waals surface area contributed by atoms with Crippen LogP contribution in [0.2, 0.25) is 0 Å². The molecule has 0 aliphatic carbocycles. The average molecular weight is 422 g/mol. The molecule has 2 heterocycles. The number of sulfone groups is 1. The maximum atomic E-state index is 12.5. The van der Waals surface area contributed by atoms with Gasteiger partial charge in [-0.1, -0.05) is 12.1 Å². The molecule has 0 radical (unpaired) electrons. The minimum absolute atomic E-state index is 0.0743. The molecule has 1 fully saturated rings. The van der Waals surface area contributed by atoms with Gasteiger partial charge < -0.3 is 10.1 Å². The highest BCUT2D eigenvalue weighted by molar-refractivity contribution is 8.18. The lowest BCUT2D eigenvalue weighted by Crippen LogP contribution is -2.38. The predicted octanol–water partition coefficient (Wildman–Crippen LogP) is 1.55. The molecule has 0 aromatic heterocycles. The van der Waals surface area contributed by atoms with Gasteiger partial charge in [-0.2, -0.15) is 0 Å². The molecule has 3 rings (SSSR count). The number of benzene rings is 1. The van der Waals surface area contributed by atoms with Crippen molar-refractivity contribution in [3.8, 4) is 5.75 Å². The van der Waals surface area contributed by atoms with Crippen molar-refractivity contribution in [2.24, 2.45) is 0 Å². The van der Waals surface area contributed by atoms with Gasteiger partial charge >= 0.3 is 0 Å². The van der Waals surface area contributed by atoms with Crippen LogP contribution in [0.1, 0.15) is 12.0 Å². The van der Waals surface area contributed by atoms with Crippen molar-refractivity contribution < 1.29 is 27.5 Å². The van der Waals surface area contributed by atoms with Gasteiger partial charge in [0.1, 0.15) is 5.75 Å². The summed E-state index contributed by atoms with van der Waals surface area (Å²) in [7, 11) is -1.73. The quantitative estimate of drug-likeness (QED) is 0.693. The van der Waals surface area contributed by atoms with Gasteiger partial charge in [0.15, 0.2) is 9.84 Å². The lowest BCUT2D eigenvalue weighted by Gasteiger charge is -2.14. The number of carbonyl (C=O) groups excluding carboxylic acids is 3. The number of nitrogens with one attached hydrogen (secondary N) is 1. The van der Waals surface area contributed by atoms with Crippen LogP contribution in [0.3, 0.4) is 0 Å². The SMILES string of the molecule is COc1cccc(/C=C2\SC(=O)N(CCC(=O)NC3C=CS(=O)(=O)C3)C2=O)c1. The largest absolute Gasteiger partial charge is 0.497 e. The van der Waals surface area contributed by atoms with E-state index in [0.717, 1.165) is 27.6 Å². The highest BCUT2D eigenvalue weighted by Gasteiger charge is 2.35. The number of hydrogen-bond acceptors (Lipinski definition) is 7. The summed E-state index contributed by atoms with van der Waals surface area (Å²) in [4.78, 5) is 37.9. The zero-order valence-corrected chi connectivity index (χ0v) is 16.6. The molecule has 1 atom stereocenters. The zero-order valence-electron chi connectivity index (χ0n) is 15.0. The Morgan fingerprint density at radius 3 is 2.86 bits per heavy atom. The van der Waals surface area contributed by atoms with Crippen LogP contribution in [0.25, 0.3) is 6.08 Å². The van der Waals surface area contributed by atoms with Crippen molar-refractivity contribution in [1.29, 1.82) is 0 Å². The van der Waals surface area contributed by atoms with E-state index in [-0.39, 0.29) is 23.6 Å². The zero-order chi connectivity index (χ0) is 20.3. The Bertz CT molecular complexity index is 984. The number of hydrogen-bond donors (Lipinski definition) is 1. The second-order valence-corrected chi connectivity index (χ2v) is 9.12. The lowest BCUT2D eigenvalue weighted by atomic mass is 10.2. The van der Waals surface area contributed by atoms with Crippen molar-refractivity contribution in [3.63, 3.8) is 0 Å². The average Bonchev–Trinajstić information content (AvgIpc) is 3.11. The molecule has 148 valence electrons. The number of imide groups is 1. The molecule has 3 amide bonds. The Morgan fingerprint density at radius 1 is 1.39 bits per heavy atom. The Balaban J connectivity index is 1.58. The number of ether oxygens (including phenoxy) is 1. The molecule has 8 nitrogen and oxygen atoms in total. The molecule has 0 bridgehead atoms. The fraction of sp³-hybridized carbons (Fsp3) is 0.278. The van der Waals surface area contributed by atoms with E-state index in [4.69, 9.17) is 4.74 Å². The number of rotatable bonds is 6. The molecule has 0 spiro atoms. The topological polar surface area (TPSA) is 110 Å². The van der Waals surface area contributed by atoms with E-state index in [1.54, 1.807) is 30.3 Å². The molecule has 0 saturated carbocycles. The summed E-state index contributed by atoms with van der Waals surface area (Å²) in [5.74, 6) is -0.437. The van der Waals surface area contributed by atoms with Crippen LogP contribution in [-0.2, 0) is 19.4 Å². The molecule has 28 heavy (non-hydrogen) atoms. The Labute approximate surface area is 166 Å². The maximum absolute atomic E-state index is 12.5. The van der Waals surface area contributed by atoms with E-state index in [2.05, 4.69) is 5.32 Å². The summed E-state index contributed by atoms with van der Waals surface area (Å²) in [6, 6.07) is 6.49. The first-order valence-electron chi connectivity index (χ1n) is 8.37. The van der Waals surface area contributed by atoms with Crippen LogP contribution in [0.4, 0.5) is 4.79 Å². The van der Waals surface area contributed by atoms with Gasteiger partial charge in [0.2, 0.25) is 5.91 Å². The van der Waals surface area contributed by atoms with E-state index in [1.165, 1.54) is 13.2 Å². The summed E-state index contributed by atoms with van der Waals surface area (Å²) in [5, 5.41) is 3.18. The molecule has 1 saturated heterocycles. The fourth-order valence-electron chi connectivity index (χ4n) is 2.73. The second-order valence-electron chi connectivity index (χ2n) is 6.19. The predicted molar refractivity (Wildman–Crippen MR) is 105 cm³/mol. The first-order chi connectivity index (χ1) is 13.3. The standard InChI is InChI=1S/C18H18N2O6S2/c1-26-14-4-2-3-12(9-14)10-15-17(22)20(18(23)27-15)7-5-16(21)19-13-6-8-28(24,25)11-13/h2-4,6,8-10,13H,5,7,11H2,1H3,(H,19,21)/b15-10-. The van der Waals surface area contributed by atoms with E-state index >= 15 is 0 Å². The van der Waals surface area contributed by atoms with Crippen LogP contribution in [0.15, 0.2) is 40.7 Å². The van der Waals surface area contributed by atoms with Crippen LogP contribution in [-0.4, -0.2) is 55.8 Å². The number of carbonyl (C=O) groups is 3. The van der Waals surface area contributed by atoms with Gasteiger partial charge in [-0.15, -0.1) is 0 Å². The normalized spacial score (nSPS) is 22.1. The van der Waals surface area contributed by atoms with Gasteiger partial charge in [0.05, 0.1) is 23.8 Å². The van der Waals surface area contributed by atoms with Crippen molar-refractivity contribution >= 4 is 44.7 Å². The van der Waals surface area contributed by atoms with Crippen LogP contribution in [0.5, 0.6) is 5.75 Å². The van der Waals surface area contributed by atoms with E-state index in [9.17, 15) is 22.8 Å². The van der Waals surface area contributed by atoms with Crippen LogP contribution >= 0.6 is 11.8 Å². The number of nitrogens with zero attached hydrogens (tertiary/aromatic N) is 1. The first kappa shape index (κ1) is 20.2. The summed E-state index contributed by atoms with van der Waals surface area (Å²) in [6.45, 7) is -0.0743. The molecule has 10 heteroatoms. The summed E-state index contributed by atoms with van der Waals surface area (Å²) in [6.07, 6.45) is 2.90. The van der Waals surface area contributed by atoms with Crippen molar-refractivity contribution in [2.75, 3.05) is 19.4 Å². The van der Waals surface area contributed by atoms with Crippen molar-refractivity contribution in [2.45, 2.75) is 12.5 Å². The smallest absolute Gasteiger partial charge is 0.293 e. The number of amides is 3. The Kier molecular flexibility index (Phi) is 5.90. The molecular formula is C18H18N2O6S2. The first-order valence-corrected chi connectivity index (χ1v) is 10.9. The maximum Gasteiger partial charge on any atom is 0.293 e. The summed E-state index contributed by atoms with van der Waals surface area (Å²) in [5.41, 5.74) is 0.719. The number of methoxy groups -OCH3 is 1. The molecule has 1 aromatic carbocycles. The van der Waals surface area contributed by atoms with Crippen molar-refractivity contribution in [1.82, 2.24) is 10.2 Å². The van der Waals surface area contributed by atoms with E-state index in [1.807, 2.05) is 0 Å². The Morgan fingerprint density at radius 2 is 2.18 bits per heavy atom. The molecule has 1 aromatic rings. The van der Waals surface area contributed by atoms with Gasteiger partial charge in [0.25, 0.3) is 11.1 Å². The van der Waals surface area contributed by atoms with Gasteiger partial charge in [-0.25, -0.2) is 8.42 Å². The fourth-order valence-corrected chi connectivity index (χ4v) is 4.83. The van der Waals surface area contributed by atoms with Gasteiger partial charge in [-0.05, 0) is 41.6 Å². The van der Waals surface area contributed by atoms with Crippen LogP contribution < -0.4 is 10.1 Å².